The second-order valence-electron chi connectivity index (χ2n) is 8.59. The molecular formula is C24H27FN2O2. The zero-order valence-electron chi connectivity index (χ0n) is 16.6. The van der Waals surface area contributed by atoms with E-state index in [0.29, 0.717) is 5.92 Å². The Balaban J connectivity index is 1.31. The number of benzene rings is 2. The highest BCUT2D eigenvalue weighted by atomic mass is 19.1. The van der Waals surface area contributed by atoms with E-state index in [9.17, 15) is 9.18 Å². The molecule has 5 heteroatoms. The Morgan fingerprint density at radius 2 is 1.79 bits per heavy atom. The summed E-state index contributed by atoms with van der Waals surface area (Å²) >= 11 is 0. The summed E-state index contributed by atoms with van der Waals surface area (Å²) < 4.78 is 19.1. The summed E-state index contributed by atoms with van der Waals surface area (Å²) in [7, 11) is 0. The number of hydrogen-bond acceptors (Lipinski definition) is 3. The second-order valence-corrected chi connectivity index (χ2v) is 8.59. The number of rotatable bonds is 3. The van der Waals surface area contributed by atoms with Crippen molar-refractivity contribution >= 4 is 6.09 Å². The molecule has 1 N–H and O–H groups in total. The van der Waals surface area contributed by atoms with Crippen molar-refractivity contribution in [2.75, 3.05) is 19.6 Å². The van der Waals surface area contributed by atoms with Gasteiger partial charge < -0.3 is 10.1 Å². The van der Waals surface area contributed by atoms with Crippen LogP contribution < -0.4 is 5.32 Å². The highest BCUT2D eigenvalue weighted by molar-refractivity contribution is 5.70. The van der Waals surface area contributed by atoms with Crippen LogP contribution in [0.25, 0.3) is 11.1 Å². The number of amides is 1. The second kappa shape index (κ2) is 7.79. The number of piperidine rings is 3. The molecule has 1 amide bonds. The maximum atomic E-state index is 13.3. The van der Waals surface area contributed by atoms with E-state index < -0.39 is 0 Å². The van der Waals surface area contributed by atoms with E-state index in [0.717, 1.165) is 68.4 Å². The topological polar surface area (TPSA) is 41.6 Å². The molecular weight excluding hydrogens is 367 g/mol. The number of carbonyl (C=O) groups is 1. The fourth-order valence-electron chi connectivity index (χ4n) is 5.13. The van der Waals surface area contributed by atoms with Crippen LogP contribution in [0.1, 0.15) is 42.9 Å². The van der Waals surface area contributed by atoms with Gasteiger partial charge in [-0.05, 0) is 91.6 Å². The molecule has 0 radical (unpaired) electrons. The highest BCUT2D eigenvalue weighted by Gasteiger charge is 2.37. The number of ether oxygens (including phenoxy) is 1. The quantitative estimate of drug-likeness (QED) is 0.821. The van der Waals surface area contributed by atoms with Gasteiger partial charge >= 0.3 is 6.09 Å². The average Bonchev–Trinajstić information content (AvgIpc) is 2.75. The molecule has 4 aliphatic rings. The van der Waals surface area contributed by atoms with Crippen LogP contribution in [0.15, 0.2) is 42.5 Å². The van der Waals surface area contributed by atoms with Gasteiger partial charge in [0.1, 0.15) is 11.9 Å². The summed E-state index contributed by atoms with van der Waals surface area (Å²) in [5.41, 5.74) is 4.45. The Bertz CT molecular complexity index is 890. The lowest BCUT2D eigenvalue weighted by Gasteiger charge is -2.44. The van der Waals surface area contributed by atoms with E-state index in [1.165, 1.54) is 17.7 Å². The number of nitrogens with zero attached hydrogens (tertiary/aromatic N) is 1. The molecule has 2 bridgehead atoms. The molecule has 3 heterocycles. The van der Waals surface area contributed by atoms with Gasteiger partial charge in [0.15, 0.2) is 0 Å². The van der Waals surface area contributed by atoms with Gasteiger partial charge in [0, 0.05) is 6.54 Å². The van der Waals surface area contributed by atoms with Crippen LogP contribution in [0, 0.1) is 11.7 Å². The molecule has 152 valence electrons. The van der Waals surface area contributed by atoms with Gasteiger partial charge in [0.05, 0.1) is 6.04 Å². The molecule has 2 atom stereocenters. The monoisotopic (exact) mass is 394 g/mol. The number of aryl methyl sites for hydroxylation is 1. The highest BCUT2D eigenvalue weighted by Crippen LogP contribution is 2.34. The van der Waals surface area contributed by atoms with Crippen LogP contribution in [0.4, 0.5) is 9.18 Å². The first-order chi connectivity index (χ1) is 14.2. The Morgan fingerprint density at radius 3 is 2.52 bits per heavy atom. The maximum Gasteiger partial charge on any atom is 0.407 e. The van der Waals surface area contributed by atoms with Crippen LogP contribution in [0.2, 0.25) is 0 Å². The standard InChI is InChI=1S/C24H27FN2O2/c25-20-8-6-16(7-9-20)19-5-4-17-2-1-3-22(21(17)14-19)26-24(28)29-23-15-27-12-10-18(23)11-13-27/h4-9,14,18,22-23H,1-3,10-13,15H2,(H,26,28)/t22?,23-/m1/s1. The normalized spacial score (nSPS) is 27.9. The fourth-order valence-corrected chi connectivity index (χ4v) is 5.13. The molecule has 2 aromatic rings. The van der Waals surface area contributed by atoms with Crippen molar-refractivity contribution in [3.05, 3.63) is 59.4 Å². The number of halogens is 1. The predicted molar refractivity (Wildman–Crippen MR) is 110 cm³/mol. The van der Waals surface area contributed by atoms with Crippen molar-refractivity contribution in [2.45, 2.75) is 44.2 Å². The van der Waals surface area contributed by atoms with E-state index in [4.69, 9.17) is 4.74 Å². The molecule has 3 saturated heterocycles. The zero-order chi connectivity index (χ0) is 19.8. The van der Waals surface area contributed by atoms with Gasteiger partial charge in [-0.3, -0.25) is 4.90 Å². The molecule has 4 nitrogen and oxygen atoms in total. The molecule has 2 aromatic carbocycles. The predicted octanol–water partition coefficient (Wildman–Crippen LogP) is 4.69. The molecule has 3 fully saturated rings. The number of hydrogen-bond donors (Lipinski definition) is 1. The smallest absolute Gasteiger partial charge is 0.407 e. The summed E-state index contributed by atoms with van der Waals surface area (Å²) in [5.74, 6) is 0.274. The molecule has 29 heavy (non-hydrogen) atoms. The largest absolute Gasteiger partial charge is 0.445 e. The van der Waals surface area contributed by atoms with Crippen LogP contribution in [0.5, 0.6) is 0 Å². The summed E-state index contributed by atoms with van der Waals surface area (Å²) in [4.78, 5) is 15.1. The molecule has 1 aliphatic carbocycles. The number of nitrogens with one attached hydrogen (secondary N) is 1. The van der Waals surface area contributed by atoms with Crippen molar-refractivity contribution in [1.82, 2.24) is 10.2 Å². The van der Waals surface area contributed by atoms with E-state index in [1.54, 1.807) is 12.1 Å². The van der Waals surface area contributed by atoms with Crippen molar-refractivity contribution in [2.24, 2.45) is 5.92 Å². The fraction of sp³-hybridized carbons (Fsp3) is 0.458. The average molecular weight is 394 g/mol. The van der Waals surface area contributed by atoms with Gasteiger partial charge in [0.25, 0.3) is 0 Å². The lowest BCUT2D eigenvalue weighted by Crippen LogP contribution is -2.52. The van der Waals surface area contributed by atoms with E-state index >= 15 is 0 Å². The Hall–Kier alpha value is -2.40. The summed E-state index contributed by atoms with van der Waals surface area (Å²) in [5, 5.41) is 3.13. The van der Waals surface area contributed by atoms with Crippen LogP contribution >= 0.6 is 0 Å². The molecule has 0 aromatic heterocycles. The molecule has 0 saturated carbocycles. The zero-order valence-corrected chi connectivity index (χ0v) is 16.6. The number of fused-ring (bicyclic) bond motifs is 4. The van der Waals surface area contributed by atoms with E-state index in [-0.39, 0.29) is 24.1 Å². The van der Waals surface area contributed by atoms with Crippen molar-refractivity contribution in [1.29, 1.82) is 0 Å². The van der Waals surface area contributed by atoms with Crippen LogP contribution in [-0.4, -0.2) is 36.7 Å². The van der Waals surface area contributed by atoms with Crippen molar-refractivity contribution in [3.63, 3.8) is 0 Å². The first-order valence-corrected chi connectivity index (χ1v) is 10.7. The van der Waals surface area contributed by atoms with Gasteiger partial charge in [-0.15, -0.1) is 0 Å². The third-order valence-corrected chi connectivity index (χ3v) is 6.78. The van der Waals surface area contributed by atoms with Gasteiger partial charge in [-0.1, -0.05) is 24.3 Å². The third-order valence-electron chi connectivity index (χ3n) is 6.78. The third kappa shape index (κ3) is 3.88. The van der Waals surface area contributed by atoms with E-state index in [2.05, 4.69) is 28.4 Å². The minimum atomic E-state index is -0.297. The first kappa shape index (κ1) is 18.6. The maximum absolute atomic E-state index is 13.3. The summed E-state index contributed by atoms with van der Waals surface area (Å²) in [6.45, 7) is 3.14. The summed E-state index contributed by atoms with van der Waals surface area (Å²) in [6.07, 6.45) is 4.96. The Kier molecular flexibility index (Phi) is 5.00. The lowest BCUT2D eigenvalue weighted by molar-refractivity contribution is -0.0340. The first-order valence-electron chi connectivity index (χ1n) is 10.7. The molecule has 0 spiro atoms. The number of carbonyl (C=O) groups excluding carboxylic acids is 1. The molecule has 6 rings (SSSR count). The van der Waals surface area contributed by atoms with Crippen LogP contribution in [0.3, 0.4) is 0 Å². The minimum absolute atomic E-state index is 0.0195. The van der Waals surface area contributed by atoms with E-state index in [1.807, 2.05) is 0 Å². The number of alkyl carbamates (subject to hydrolysis) is 1. The Labute approximate surface area is 171 Å². The molecule has 3 aliphatic heterocycles. The summed E-state index contributed by atoms with van der Waals surface area (Å²) in [6, 6.07) is 12.9. The van der Waals surface area contributed by atoms with Crippen molar-refractivity contribution in [3.8, 4) is 11.1 Å². The van der Waals surface area contributed by atoms with Gasteiger partial charge in [0.2, 0.25) is 0 Å². The molecule has 1 unspecified atom stereocenters. The van der Waals surface area contributed by atoms with Crippen LogP contribution in [-0.2, 0) is 11.2 Å². The minimum Gasteiger partial charge on any atom is -0.445 e. The Morgan fingerprint density at radius 1 is 1.03 bits per heavy atom. The SMILES string of the molecule is O=C(NC1CCCc2ccc(-c3ccc(F)cc3)cc21)O[C@@H]1CN2CCC1CC2. The van der Waals surface area contributed by atoms with Crippen molar-refractivity contribution < 1.29 is 13.9 Å². The van der Waals surface area contributed by atoms with Gasteiger partial charge in [-0.2, -0.15) is 0 Å². The van der Waals surface area contributed by atoms with Gasteiger partial charge in [-0.25, -0.2) is 9.18 Å². The lowest BCUT2D eigenvalue weighted by atomic mass is 9.85.